The summed E-state index contributed by atoms with van der Waals surface area (Å²) >= 11 is 5.89. The summed E-state index contributed by atoms with van der Waals surface area (Å²) in [5.41, 5.74) is 2.11. The molecule has 0 spiro atoms. The molecule has 1 fully saturated rings. The van der Waals surface area contributed by atoms with Crippen molar-refractivity contribution in [3.8, 4) is 11.3 Å². The second kappa shape index (κ2) is 5.12. The topological polar surface area (TPSA) is 40.7 Å². The predicted molar refractivity (Wildman–Crippen MR) is 73.9 cm³/mol. The molecular weight excluding hydrogens is 246 g/mol. The molecule has 2 N–H and O–H groups in total. The van der Waals surface area contributed by atoms with Crippen LogP contribution in [0, 0.1) is 0 Å². The van der Waals surface area contributed by atoms with Crippen molar-refractivity contribution in [2.24, 2.45) is 0 Å². The van der Waals surface area contributed by atoms with Crippen LogP contribution in [0.3, 0.4) is 0 Å². The monoisotopic (exact) mass is 261 g/mol. The first-order valence-electron chi connectivity index (χ1n) is 6.35. The van der Waals surface area contributed by atoms with Crippen LogP contribution in [0.4, 0.5) is 0 Å². The van der Waals surface area contributed by atoms with E-state index in [4.69, 9.17) is 16.6 Å². The lowest BCUT2D eigenvalue weighted by molar-refractivity contribution is 0.447. The van der Waals surface area contributed by atoms with Crippen molar-refractivity contribution in [1.29, 1.82) is 0 Å². The highest BCUT2D eigenvalue weighted by Crippen LogP contribution is 2.26. The fourth-order valence-electron chi connectivity index (χ4n) is 2.41. The zero-order valence-corrected chi connectivity index (χ0v) is 10.9. The summed E-state index contributed by atoms with van der Waals surface area (Å²) in [5, 5.41) is 4.13. The lowest BCUT2D eigenvalue weighted by Gasteiger charge is -2.20. The molecule has 3 nitrogen and oxygen atoms in total. The fraction of sp³-hybridized carbons (Fsp3) is 0.357. The van der Waals surface area contributed by atoms with Crippen molar-refractivity contribution < 1.29 is 0 Å². The van der Waals surface area contributed by atoms with Crippen LogP contribution in [0.15, 0.2) is 30.5 Å². The maximum absolute atomic E-state index is 5.89. The van der Waals surface area contributed by atoms with Gasteiger partial charge in [0, 0.05) is 22.7 Å². The van der Waals surface area contributed by atoms with E-state index in [9.17, 15) is 0 Å². The quantitative estimate of drug-likeness (QED) is 0.872. The van der Waals surface area contributed by atoms with E-state index in [1.807, 2.05) is 30.5 Å². The van der Waals surface area contributed by atoms with E-state index in [1.165, 1.54) is 0 Å². The number of rotatable bonds is 2. The first kappa shape index (κ1) is 11.8. The average molecular weight is 262 g/mol. The number of halogens is 1. The third-order valence-corrected chi connectivity index (χ3v) is 3.72. The number of piperidine rings is 1. The standard InChI is InChI=1S/C14H16ClN3/c15-12-3-1-10(2-4-12)13-9-17-14(18-13)11-5-7-16-8-6-11/h1-4,9,11,16H,5-8H2,(H,17,18). The molecule has 3 rings (SSSR count). The maximum Gasteiger partial charge on any atom is 0.110 e. The number of hydrogen-bond acceptors (Lipinski definition) is 2. The summed E-state index contributed by atoms with van der Waals surface area (Å²) in [4.78, 5) is 8.02. The Bertz CT molecular complexity index is 512. The molecular formula is C14H16ClN3. The summed E-state index contributed by atoms with van der Waals surface area (Å²) < 4.78 is 0. The van der Waals surface area contributed by atoms with Gasteiger partial charge in [-0.2, -0.15) is 0 Å². The molecule has 1 aromatic heterocycles. The van der Waals surface area contributed by atoms with Crippen LogP contribution >= 0.6 is 11.6 Å². The molecule has 0 radical (unpaired) electrons. The van der Waals surface area contributed by atoms with Crippen molar-refractivity contribution in [2.75, 3.05) is 13.1 Å². The molecule has 0 unspecified atom stereocenters. The van der Waals surface area contributed by atoms with Crippen LogP contribution in [0.1, 0.15) is 24.6 Å². The highest BCUT2D eigenvalue weighted by molar-refractivity contribution is 6.30. The molecule has 1 saturated heterocycles. The zero-order valence-electron chi connectivity index (χ0n) is 10.1. The van der Waals surface area contributed by atoms with Crippen LogP contribution in [-0.2, 0) is 0 Å². The van der Waals surface area contributed by atoms with Crippen molar-refractivity contribution in [3.63, 3.8) is 0 Å². The van der Waals surface area contributed by atoms with Crippen molar-refractivity contribution in [1.82, 2.24) is 15.3 Å². The number of nitrogens with zero attached hydrogens (tertiary/aromatic N) is 1. The Balaban J connectivity index is 1.82. The van der Waals surface area contributed by atoms with Gasteiger partial charge in [-0.25, -0.2) is 4.98 Å². The first-order chi connectivity index (χ1) is 8.83. The second-order valence-electron chi connectivity index (χ2n) is 4.70. The van der Waals surface area contributed by atoms with Crippen LogP contribution in [-0.4, -0.2) is 23.1 Å². The van der Waals surface area contributed by atoms with E-state index in [0.717, 1.165) is 48.0 Å². The third kappa shape index (κ3) is 2.42. The molecule has 94 valence electrons. The van der Waals surface area contributed by atoms with Gasteiger partial charge in [0.25, 0.3) is 0 Å². The lowest BCUT2D eigenvalue weighted by atomic mass is 9.98. The van der Waals surface area contributed by atoms with E-state index in [1.54, 1.807) is 0 Å². The number of nitrogens with one attached hydrogen (secondary N) is 2. The van der Waals surface area contributed by atoms with Gasteiger partial charge in [0.2, 0.25) is 0 Å². The van der Waals surface area contributed by atoms with E-state index in [-0.39, 0.29) is 0 Å². The van der Waals surface area contributed by atoms with Crippen LogP contribution in [0.25, 0.3) is 11.3 Å². The largest absolute Gasteiger partial charge is 0.348 e. The van der Waals surface area contributed by atoms with E-state index in [2.05, 4.69) is 10.3 Å². The molecule has 0 saturated carbocycles. The summed E-state index contributed by atoms with van der Waals surface area (Å²) in [6, 6.07) is 7.81. The molecule has 0 aliphatic carbocycles. The minimum absolute atomic E-state index is 0.562. The molecule has 0 atom stereocenters. The Morgan fingerprint density at radius 1 is 1.11 bits per heavy atom. The SMILES string of the molecule is Clc1ccc(-c2c[nH]c(C3CCNCC3)n2)cc1. The number of H-pyrrole nitrogens is 1. The van der Waals surface area contributed by atoms with E-state index >= 15 is 0 Å². The van der Waals surface area contributed by atoms with Crippen LogP contribution in [0.5, 0.6) is 0 Å². The number of benzene rings is 1. The summed E-state index contributed by atoms with van der Waals surface area (Å²) in [6.45, 7) is 2.17. The number of hydrogen-bond donors (Lipinski definition) is 2. The van der Waals surface area contributed by atoms with Gasteiger partial charge in [-0.3, -0.25) is 0 Å². The van der Waals surface area contributed by atoms with Crippen LogP contribution in [0.2, 0.25) is 5.02 Å². The Labute approximate surface area is 112 Å². The van der Waals surface area contributed by atoms with Crippen molar-refractivity contribution in [2.45, 2.75) is 18.8 Å². The fourth-order valence-corrected chi connectivity index (χ4v) is 2.54. The second-order valence-corrected chi connectivity index (χ2v) is 5.14. The first-order valence-corrected chi connectivity index (χ1v) is 6.73. The van der Waals surface area contributed by atoms with Gasteiger partial charge in [0.15, 0.2) is 0 Å². The molecule has 1 aliphatic heterocycles. The van der Waals surface area contributed by atoms with Crippen LogP contribution < -0.4 is 5.32 Å². The Kier molecular flexibility index (Phi) is 3.35. The predicted octanol–water partition coefficient (Wildman–Crippen LogP) is 3.20. The van der Waals surface area contributed by atoms with Gasteiger partial charge in [-0.1, -0.05) is 23.7 Å². The highest BCUT2D eigenvalue weighted by Gasteiger charge is 2.18. The van der Waals surface area contributed by atoms with Gasteiger partial charge < -0.3 is 10.3 Å². The Morgan fingerprint density at radius 3 is 2.56 bits per heavy atom. The molecule has 18 heavy (non-hydrogen) atoms. The van der Waals surface area contributed by atoms with Gasteiger partial charge in [0.05, 0.1) is 5.69 Å². The van der Waals surface area contributed by atoms with E-state index in [0.29, 0.717) is 5.92 Å². The summed E-state index contributed by atoms with van der Waals surface area (Å²) in [5.74, 6) is 1.67. The Morgan fingerprint density at radius 2 is 1.83 bits per heavy atom. The molecule has 4 heteroatoms. The molecule has 0 amide bonds. The van der Waals surface area contributed by atoms with Gasteiger partial charge in [-0.15, -0.1) is 0 Å². The third-order valence-electron chi connectivity index (χ3n) is 3.46. The molecule has 2 aromatic rings. The molecule has 2 heterocycles. The van der Waals surface area contributed by atoms with Gasteiger partial charge in [0.1, 0.15) is 5.82 Å². The molecule has 0 bridgehead atoms. The van der Waals surface area contributed by atoms with Crippen molar-refractivity contribution in [3.05, 3.63) is 41.3 Å². The maximum atomic E-state index is 5.89. The molecule has 1 aliphatic rings. The normalized spacial score (nSPS) is 16.9. The van der Waals surface area contributed by atoms with E-state index < -0.39 is 0 Å². The minimum Gasteiger partial charge on any atom is -0.348 e. The summed E-state index contributed by atoms with van der Waals surface area (Å²) in [7, 11) is 0. The number of aromatic nitrogens is 2. The number of aromatic amines is 1. The minimum atomic E-state index is 0.562. The van der Waals surface area contributed by atoms with Gasteiger partial charge >= 0.3 is 0 Å². The van der Waals surface area contributed by atoms with Crippen molar-refractivity contribution >= 4 is 11.6 Å². The average Bonchev–Trinajstić information content (AvgIpc) is 2.90. The highest BCUT2D eigenvalue weighted by atomic mass is 35.5. The van der Waals surface area contributed by atoms with Gasteiger partial charge in [-0.05, 0) is 38.1 Å². The summed E-state index contributed by atoms with van der Waals surface area (Å²) in [6.07, 6.45) is 4.31. The number of imidazole rings is 1. The molecule has 1 aromatic carbocycles. The smallest absolute Gasteiger partial charge is 0.110 e. The lowest BCUT2D eigenvalue weighted by Crippen LogP contribution is -2.27. The Hall–Kier alpha value is -1.32. The zero-order chi connectivity index (χ0) is 12.4.